The predicted molar refractivity (Wildman–Crippen MR) is 94.0 cm³/mol. The minimum absolute atomic E-state index is 0.359. The van der Waals surface area contributed by atoms with Gasteiger partial charge in [-0.1, -0.05) is 42.5 Å². The molecule has 0 aliphatic heterocycles. The number of hydrogen-bond acceptors (Lipinski definition) is 4. The van der Waals surface area contributed by atoms with Crippen molar-refractivity contribution in [3.8, 4) is 11.5 Å². The maximum atomic E-state index is 6.40. The van der Waals surface area contributed by atoms with Gasteiger partial charge in [0.15, 0.2) is 0 Å². The van der Waals surface area contributed by atoms with Crippen LogP contribution in [-0.4, -0.2) is 14.2 Å². The molecular formula is C19H20N2O2. The minimum atomic E-state index is -0.359. The smallest absolute Gasteiger partial charge is 0.142 e. The van der Waals surface area contributed by atoms with Gasteiger partial charge in [-0.05, 0) is 28.5 Å². The summed E-state index contributed by atoms with van der Waals surface area (Å²) in [6, 6.07) is 19.9. The number of nitrogens with two attached hydrogens (primary N) is 1. The molecule has 0 fully saturated rings. The number of benzene rings is 3. The topological polar surface area (TPSA) is 56.5 Å². The molecule has 0 radical (unpaired) electrons. The third-order valence-corrected chi connectivity index (χ3v) is 3.88. The zero-order valence-electron chi connectivity index (χ0n) is 13.2. The van der Waals surface area contributed by atoms with E-state index in [4.69, 9.17) is 15.2 Å². The van der Waals surface area contributed by atoms with Crippen LogP contribution in [0.5, 0.6) is 11.5 Å². The van der Waals surface area contributed by atoms with Crippen molar-refractivity contribution in [2.24, 2.45) is 5.73 Å². The van der Waals surface area contributed by atoms with E-state index in [9.17, 15) is 0 Å². The second-order valence-corrected chi connectivity index (χ2v) is 5.26. The van der Waals surface area contributed by atoms with Crippen LogP contribution in [0, 0.1) is 0 Å². The standard InChI is InChI=1S/C19H20N2O2/c1-22-14-10-11-18(23-2)17(12-14)21-19(20)16-9-5-7-13-6-3-4-8-15(13)16/h3-12,19,21H,20H2,1-2H3. The highest BCUT2D eigenvalue weighted by atomic mass is 16.5. The molecule has 0 saturated carbocycles. The van der Waals surface area contributed by atoms with E-state index >= 15 is 0 Å². The Labute approximate surface area is 135 Å². The van der Waals surface area contributed by atoms with E-state index in [2.05, 4.69) is 23.5 Å². The summed E-state index contributed by atoms with van der Waals surface area (Å²) < 4.78 is 10.7. The summed E-state index contributed by atoms with van der Waals surface area (Å²) in [4.78, 5) is 0. The van der Waals surface area contributed by atoms with E-state index in [1.165, 1.54) is 5.39 Å². The zero-order chi connectivity index (χ0) is 16.2. The summed E-state index contributed by atoms with van der Waals surface area (Å²) >= 11 is 0. The Morgan fingerprint density at radius 1 is 0.913 bits per heavy atom. The van der Waals surface area contributed by atoms with Gasteiger partial charge in [0.2, 0.25) is 0 Å². The summed E-state index contributed by atoms with van der Waals surface area (Å²) in [5.74, 6) is 1.47. The molecule has 118 valence electrons. The van der Waals surface area contributed by atoms with Gasteiger partial charge in [-0.3, -0.25) is 0 Å². The molecule has 4 heteroatoms. The van der Waals surface area contributed by atoms with Crippen LogP contribution in [0.25, 0.3) is 10.8 Å². The van der Waals surface area contributed by atoms with Crippen molar-refractivity contribution in [1.29, 1.82) is 0 Å². The summed E-state index contributed by atoms with van der Waals surface area (Å²) in [7, 11) is 3.27. The fourth-order valence-electron chi connectivity index (χ4n) is 2.69. The SMILES string of the molecule is COc1ccc(OC)c(NC(N)c2cccc3ccccc23)c1. The maximum Gasteiger partial charge on any atom is 0.142 e. The van der Waals surface area contributed by atoms with Crippen molar-refractivity contribution in [1.82, 2.24) is 0 Å². The number of fused-ring (bicyclic) bond motifs is 1. The number of nitrogens with one attached hydrogen (secondary N) is 1. The third kappa shape index (κ3) is 3.07. The largest absolute Gasteiger partial charge is 0.497 e. The molecule has 23 heavy (non-hydrogen) atoms. The molecule has 0 amide bonds. The van der Waals surface area contributed by atoms with Crippen molar-refractivity contribution >= 4 is 16.5 Å². The molecule has 0 saturated heterocycles. The monoisotopic (exact) mass is 308 g/mol. The lowest BCUT2D eigenvalue weighted by molar-refractivity contribution is 0.404. The fourth-order valence-corrected chi connectivity index (χ4v) is 2.69. The van der Waals surface area contributed by atoms with Gasteiger partial charge >= 0.3 is 0 Å². The highest BCUT2D eigenvalue weighted by molar-refractivity contribution is 5.86. The Bertz CT molecular complexity index is 812. The average molecular weight is 308 g/mol. The molecule has 0 aliphatic carbocycles. The summed E-state index contributed by atoms with van der Waals surface area (Å²) in [5.41, 5.74) is 8.23. The van der Waals surface area contributed by atoms with E-state index in [-0.39, 0.29) is 6.17 Å². The minimum Gasteiger partial charge on any atom is -0.497 e. The molecule has 3 N–H and O–H groups in total. The summed E-state index contributed by atoms with van der Waals surface area (Å²) in [5, 5.41) is 5.62. The fraction of sp³-hybridized carbons (Fsp3) is 0.158. The van der Waals surface area contributed by atoms with Crippen LogP contribution in [0.4, 0.5) is 5.69 Å². The lowest BCUT2D eigenvalue weighted by atomic mass is 10.0. The molecule has 3 aromatic carbocycles. The van der Waals surface area contributed by atoms with Crippen LogP contribution in [0.15, 0.2) is 60.7 Å². The third-order valence-electron chi connectivity index (χ3n) is 3.88. The Hall–Kier alpha value is -2.72. The van der Waals surface area contributed by atoms with Crippen LogP contribution in [-0.2, 0) is 0 Å². The van der Waals surface area contributed by atoms with E-state index in [0.717, 1.165) is 28.1 Å². The molecular weight excluding hydrogens is 288 g/mol. The average Bonchev–Trinajstić information content (AvgIpc) is 2.61. The highest BCUT2D eigenvalue weighted by Crippen LogP contribution is 2.32. The molecule has 1 atom stereocenters. The molecule has 4 nitrogen and oxygen atoms in total. The molecule has 0 aliphatic rings. The molecule has 1 unspecified atom stereocenters. The molecule has 0 bridgehead atoms. The first-order valence-electron chi connectivity index (χ1n) is 7.44. The number of hydrogen-bond donors (Lipinski definition) is 2. The normalized spacial score (nSPS) is 12.0. The first-order chi connectivity index (χ1) is 11.2. The number of rotatable bonds is 5. The predicted octanol–water partition coefficient (Wildman–Crippen LogP) is 3.93. The lowest BCUT2D eigenvalue weighted by Crippen LogP contribution is -2.20. The van der Waals surface area contributed by atoms with Gasteiger partial charge in [-0.25, -0.2) is 0 Å². The van der Waals surface area contributed by atoms with Crippen LogP contribution in [0.3, 0.4) is 0 Å². The molecule has 0 aromatic heterocycles. The van der Waals surface area contributed by atoms with Crippen molar-refractivity contribution in [3.63, 3.8) is 0 Å². The highest BCUT2D eigenvalue weighted by Gasteiger charge is 2.12. The maximum absolute atomic E-state index is 6.40. The Kier molecular flexibility index (Phi) is 4.35. The van der Waals surface area contributed by atoms with Crippen LogP contribution in [0.1, 0.15) is 11.7 Å². The van der Waals surface area contributed by atoms with Crippen molar-refractivity contribution in [2.75, 3.05) is 19.5 Å². The second-order valence-electron chi connectivity index (χ2n) is 5.26. The Morgan fingerprint density at radius 3 is 2.48 bits per heavy atom. The quantitative estimate of drug-likeness (QED) is 0.701. The van der Waals surface area contributed by atoms with Gasteiger partial charge < -0.3 is 20.5 Å². The van der Waals surface area contributed by atoms with Gasteiger partial charge in [0.05, 0.1) is 19.9 Å². The van der Waals surface area contributed by atoms with Gasteiger partial charge in [-0.2, -0.15) is 0 Å². The Morgan fingerprint density at radius 2 is 1.70 bits per heavy atom. The molecule has 3 rings (SSSR count). The van der Waals surface area contributed by atoms with Gasteiger partial charge in [0.25, 0.3) is 0 Å². The molecule has 3 aromatic rings. The number of ether oxygens (including phenoxy) is 2. The van der Waals surface area contributed by atoms with Crippen molar-refractivity contribution in [3.05, 3.63) is 66.2 Å². The zero-order valence-corrected chi connectivity index (χ0v) is 13.2. The number of methoxy groups -OCH3 is 2. The van der Waals surface area contributed by atoms with E-state index in [1.54, 1.807) is 14.2 Å². The van der Waals surface area contributed by atoms with Crippen LogP contribution >= 0.6 is 0 Å². The molecule has 0 heterocycles. The first-order valence-corrected chi connectivity index (χ1v) is 7.44. The van der Waals surface area contributed by atoms with Gasteiger partial charge in [0.1, 0.15) is 17.7 Å². The van der Waals surface area contributed by atoms with E-state index in [0.29, 0.717) is 0 Å². The molecule has 0 spiro atoms. The number of anilines is 1. The first kappa shape index (κ1) is 15.2. The van der Waals surface area contributed by atoms with Crippen LogP contribution in [0.2, 0.25) is 0 Å². The van der Waals surface area contributed by atoms with E-state index in [1.807, 2.05) is 42.5 Å². The van der Waals surface area contributed by atoms with Crippen LogP contribution < -0.4 is 20.5 Å². The summed E-state index contributed by atoms with van der Waals surface area (Å²) in [6.07, 6.45) is -0.359. The van der Waals surface area contributed by atoms with Crippen molar-refractivity contribution < 1.29 is 9.47 Å². The van der Waals surface area contributed by atoms with Gasteiger partial charge in [0, 0.05) is 6.07 Å². The second kappa shape index (κ2) is 6.58. The van der Waals surface area contributed by atoms with Gasteiger partial charge in [-0.15, -0.1) is 0 Å². The summed E-state index contributed by atoms with van der Waals surface area (Å²) in [6.45, 7) is 0. The van der Waals surface area contributed by atoms with Crippen molar-refractivity contribution in [2.45, 2.75) is 6.17 Å². The Balaban J connectivity index is 1.96. The lowest BCUT2D eigenvalue weighted by Gasteiger charge is -2.20. The van der Waals surface area contributed by atoms with E-state index < -0.39 is 0 Å².